The molecule has 4 heteroatoms. The van der Waals surface area contributed by atoms with Gasteiger partial charge in [0.2, 0.25) is 0 Å². The van der Waals surface area contributed by atoms with Gasteiger partial charge in [-0.3, -0.25) is 9.69 Å². The van der Waals surface area contributed by atoms with Crippen LogP contribution in [0.3, 0.4) is 0 Å². The number of hydrogen-bond donors (Lipinski definition) is 1. The van der Waals surface area contributed by atoms with Gasteiger partial charge in [0.15, 0.2) is 0 Å². The lowest BCUT2D eigenvalue weighted by Crippen LogP contribution is -2.41. The number of carboxylic acids is 1. The van der Waals surface area contributed by atoms with Crippen LogP contribution >= 0.6 is 0 Å². The normalized spacial score (nSPS) is 22.0. The first-order valence-corrected chi connectivity index (χ1v) is 6.00. The monoisotopic (exact) mass is 229 g/mol. The maximum atomic E-state index is 11.3. The summed E-state index contributed by atoms with van der Waals surface area (Å²) < 4.78 is 5.27. The van der Waals surface area contributed by atoms with Crippen LogP contribution in [0, 0.1) is 11.3 Å². The van der Waals surface area contributed by atoms with Crippen LogP contribution in [0.25, 0.3) is 0 Å². The molecule has 16 heavy (non-hydrogen) atoms. The Morgan fingerprint density at radius 2 is 2.00 bits per heavy atom. The summed E-state index contributed by atoms with van der Waals surface area (Å²) in [5.41, 5.74) is -0.613. The Morgan fingerprint density at radius 3 is 2.44 bits per heavy atom. The summed E-state index contributed by atoms with van der Waals surface area (Å²) in [6.45, 7) is 10.0. The molecule has 1 fully saturated rings. The van der Waals surface area contributed by atoms with E-state index in [0.29, 0.717) is 6.42 Å². The molecule has 0 aromatic carbocycles. The molecule has 1 rings (SSSR count). The molecular formula is C12H23NO3. The number of aliphatic carboxylic acids is 1. The van der Waals surface area contributed by atoms with Crippen LogP contribution in [0.1, 0.15) is 27.2 Å². The summed E-state index contributed by atoms with van der Waals surface area (Å²) in [6.07, 6.45) is 0.708. The first kappa shape index (κ1) is 13.5. The summed E-state index contributed by atoms with van der Waals surface area (Å²) in [5.74, 6) is -0.526. The van der Waals surface area contributed by atoms with E-state index in [-0.39, 0.29) is 5.92 Å². The number of rotatable bonds is 5. The zero-order valence-electron chi connectivity index (χ0n) is 10.5. The van der Waals surface area contributed by atoms with Gasteiger partial charge in [0.25, 0.3) is 0 Å². The molecule has 1 atom stereocenters. The third-order valence-corrected chi connectivity index (χ3v) is 3.81. The molecule has 4 nitrogen and oxygen atoms in total. The van der Waals surface area contributed by atoms with Gasteiger partial charge in [-0.2, -0.15) is 0 Å². The molecule has 1 saturated heterocycles. The third kappa shape index (κ3) is 3.19. The van der Waals surface area contributed by atoms with Crippen molar-refractivity contribution in [1.82, 2.24) is 4.90 Å². The summed E-state index contributed by atoms with van der Waals surface area (Å²) in [7, 11) is 0. The summed E-state index contributed by atoms with van der Waals surface area (Å²) >= 11 is 0. The summed E-state index contributed by atoms with van der Waals surface area (Å²) in [6, 6.07) is 0. The summed E-state index contributed by atoms with van der Waals surface area (Å²) in [4.78, 5) is 13.6. The quantitative estimate of drug-likeness (QED) is 0.775. The molecule has 1 aliphatic heterocycles. The number of carboxylic acid groups (broad SMARTS) is 1. The number of morpholine rings is 1. The van der Waals surface area contributed by atoms with Crippen LogP contribution in [0.2, 0.25) is 0 Å². The van der Waals surface area contributed by atoms with Crippen LogP contribution < -0.4 is 0 Å². The maximum Gasteiger partial charge on any atom is 0.309 e. The van der Waals surface area contributed by atoms with E-state index in [1.54, 1.807) is 0 Å². The molecule has 0 radical (unpaired) electrons. The lowest BCUT2D eigenvalue weighted by molar-refractivity contribution is -0.151. The van der Waals surface area contributed by atoms with Crippen molar-refractivity contribution in [3.8, 4) is 0 Å². The van der Waals surface area contributed by atoms with Gasteiger partial charge in [0, 0.05) is 13.1 Å². The van der Waals surface area contributed by atoms with Gasteiger partial charge in [-0.15, -0.1) is 0 Å². The molecule has 0 aliphatic carbocycles. The van der Waals surface area contributed by atoms with E-state index in [1.165, 1.54) is 0 Å². The Kier molecular flexibility index (Phi) is 4.74. The first-order chi connectivity index (χ1) is 7.47. The molecule has 1 aliphatic rings. The number of ether oxygens (including phenoxy) is 1. The molecule has 0 aromatic heterocycles. The molecule has 0 saturated carbocycles. The second-order valence-electron chi connectivity index (χ2n) is 5.08. The highest BCUT2D eigenvalue weighted by atomic mass is 16.5. The van der Waals surface area contributed by atoms with Crippen LogP contribution in [-0.4, -0.2) is 48.8 Å². The second kappa shape index (κ2) is 5.64. The van der Waals surface area contributed by atoms with Gasteiger partial charge in [0.05, 0.1) is 18.6 Å². The minimum Gasteiger partial charge on any atom is -0.481 e. The van der Waals surface area contributed by atoms with Gasteiger partial charge in [-0.05, 0) is 25.8 Å². The molecule has 1 heterocycles. The highest BCUT2D eigenvalue weighted by molar-refractivity contribution is 5.74. The van der Waals surface area contributed by atoms with E-state index < -0.39 is 11.4 Å². The predicted molar refractivity (Wildman–Crippen MR) is 62.5 cm³/mol. The lowest BCUT2D eigenvalue weighted by Gasteiger charge is -2.33. The maximum absolute atomic E-state index is 11.3. The zero-order chi connectivity index (χ0) is 12.2. The van der Waals surface area contributed by atoms with Crippen molar-refractivity contribution in [3.63, 3.8) is 0 Å². The highest BCUT2D eigenvalue weighted by Gasteiger charge is 2.36. The fraction of sp³-hybridized carbons (Fsp3) is 0.917. The molecule has 0 aromatic rings. The van der Waals surface area contributed by atoms with Crippen molar-refractivity contribution in [2.45, 2.75) is 27.2 Å². The van der Waals surface area contributed by atoms with Crippen molar-refractivity contribution in [2.75, 3.05) is 32.8 Å². The Bertz CT molecular complexity index is 236. The van der Waals surface area contributed by atoms with E-state index in [2.05, 4.69) is 4.90 Å². The van der Waals surface area contributed by atoms with Crippen LogP contribution in [0.5, 0.6) is 0 Å². The minimum atomic E-state index is -0.684. The van der Waals surface area contributed by atoms with Crippen molar-refractivity contribution in [1.29, 1.82) is 0 Å². The van der Waals surface area contributed by atoms with Crippen molar-refractivity contribution in [3.05, 3.63) is 0 Å². The zero-order valence-corrected chi connectivity index (χ0v) is 10.5. The smallest absolute Gasteiger partial charge is 0.309 e. The number of carbonyl (C=O) groups is 1. The van der Waals surface area contributed by atoms with Gasteiger partial charge < -0.3 is 9.84 Å². The fourth-order valence-electron chi connectivity index (χ4n) is 1.86. The topological polar surface area (TPSA) is 49.8 Å². The lowest BCUT2D eigenvalue weighted by atomic mass is 9.76. The second-order valence-corrected chi connectivity index (χ2v) is 5.08. The Morgan fingerprint density at radius 1 is 1.44 bits per heavy atom. The van der Waals surface area contributed by atoms with Crippen LogP contribution in [0.15, 0.2) is 0 Å². The first-order valence-electron chi connectivity index (χ1n) is 6.00. The number of nitrogens with zero attached hydrogens (tertiary/aromatic N) is 1. The number of hydrogen-bond acceptors (Lipinski definition) is 3. The highest BCUT2D eigenvalue weighted by Crippen LogP contribution is 2.31. The molecule has 0 spiro atoms. The molecular weight excluding hydrogens is 206 g/mol. The van der Waals surface area contributed by atoms with Gasteiger partial charge >= 0.3 is 5.97 Å². The third-order valence-electron chi connectivity index (χ3n) is 3.81. The average molecular weight is 229 g/mol. The SMILES string of the molecule is CC(C)C(C)(CCN1CCOCC1)C(=O)O. The van der Waals surface area contributed by atoms with E-state index in [0.717, 1.165) is 32.8 Å². The fourth-order valence-corrected chi connectivity index (χ4v) is 1.86. The molecule has 1 N–H and O–H groups in total. The van der Waals surface area contributed by atoms with E-state index >= 15 is 0 Å². The van der Waals surface area contributed by atoms with Crippen molar-refractivity contribution >= 4 is 5.97 Å². The Balaban J connectivity index is 2.46. The largest absolute Gasteiger partial charge is 0.481 e. The van der Waals surface area contributed by atoms with E-state index in [1.807, 2.05) is 20.8 Å². The standard InChI is InChI=1S/C12H23NO3/c1-10(2)12(3,11(14)15)4-5-13-6-8-16-9-7-13/h10H,4-9H2,1-3H3,(H,14,15). The van der Waals surface area contributed by atoms with Crippen molar-refractivity contribution in [2.24, 2.45) is 11.3 Å². The Hall–Kier alpha value is -0.610. The van der Waals surface area contributed by atoms with Gasteiger partial charge in [-0.1, -0.05) is 13.8 Å². The Labute approximate surface area is 97.6 Å². The predicted octanol–water partition coefficient (Wildman–Crippen LogP) is 1.46. The molecule has 94 valence electrons. The minimum absolute atomic E-state index is 0.158. The van der Waals surface area contributed by atoms with E-state index in [4.69, 9.17) is 4.74 Å². The molecule has 0 bridgehead atoms. The van der Waals surface area contributed by atoms with Crippen LogP contribution in [-0.2, 0) is 9.53 Å². The molecule has 1 unspecified atom stereocenters. The van der Waals surface area contributed by atoms with E-state index in [9.17, 15) is 9.90 Å². The summed E-state index contributed by atoms with van der Waals surface area (Å²) in [5, 5.41) is 9.29. The van der Waals surface area contributed by atoms with Crippen molar-refractivity contribution < 1.29 is 14.6 Å². The van der Waals surface area contributed by atoms with Gasteiger partial charge in [-0.25, -0.2) is 0 Å². The average Bonchev–Trinajstić information content (AvgIpc) is 2.26. The molecule has 0 amide bonds. The van der Waals surface area contributed by atoms with Crippen LogP contribution in [0.4, 0.5) is 0 Å². The van der Waals surface area contributed by atoms with Gasteiger partial charge in [0.1, 0.15) is 0 Å².